The molecule has 3 N–H and O–H groups in total. The number of rotatable bonds is 3. The van der Waals surface area contributed by atoms with Crippen LogP contribution in [-0.4, -0.2) is 18.8 Å². The quantitative estimate of drug-likeness (QED) is 0.831. The maximum Gasteiger partial charge on any atom is 0.165 e. The van der Waals surface area contributed by atoms with Crippen LogP contribution in [0.1, 0.15) is 18.4 Å². The van der Waals surface area contributed by atoms with Crippen LogP contribution in [0.5, 0.6) is 11.5 Å². The summed E-state index contributed by atoms with van der Waals surface area (Å²) in [5, 5.41) is 10.3. The zero-order valence-corrected chi connectivity index (χ0v) is 9.34. The van der Waals surface area contributed by atoms with Gasteiger partial charge >= 0.3 is 0 Å². The van der Waals surface area contributed by atoms with Gasteiger partial charge in [0.05, 0.1) is 7.11 Å². The minimum absolute atomic E-state index is 0.0822. The Hall–Kier alpha value is -0.930. The third-order valence-corrected chi connectivity index (χ3v) is 3.38. The Bertz CT molecular complexity index is 388. The van der Waals surface area contributed by atoms with Gasteiger partial charge in [-0.1, -0.05) is 11.6 Å². The molecule has 1 aliphatic rings. The predicted octanol–water partition coefficient (Wildman–Crippen LogP) is 2.04. The summed E-state index contributed by atoms with van der Waals surface area (Å²) in [6.45, 7) is 0.534. The summed E-state index contributed by atoms with van der Waals surface area (Å²) in [5.74, 6) is 0.585. The molecule has 0 atom stereocenters. The Morgan fingerprint density at radius 3 is 2.67 bits per heavy atom. The van der Waals surface area contributed by atoms with E-state index in [1.807, 2.05) is 0 Å². The zero-order valence-electron chi connectivity index (χ0n) is 8.59. The number of phenolic OH excluding ortho intramolecular Hbond substituents is 1. The molecule has 15 heavy (non-hydrogen) atoms. The maximum atomic E-state index is 9.68. The van der Waals surface area contributed by atoms with Crippen LogP contribution in [0.2, 0.25) is 5.02 Å². The van der Waals surface area contributed by atoms with Crippen molar-refractivity contribution >= 4 is 11.6 Å². The molecule has 3 nitrogen and oxygen atoms in total. The Kier molecular flexibility index (Phi) is 2.52. The lowest BCUT2D eigenvalue weighted by atomic mass is 9.94. The first-order valence-corrected chi connectivity index (χ1v) is 5.28. The smallest absolute Gasteiger partial charge is 0.165 e. The molecule has 0 unspecified atom stereocenters. The summed E-state index contributed by atoms with van der Waals surface area (Å²) in [7, 11) is 1.53. The van der Waals surface area contributed by atoms with Gasteiger partial charge in [0, 0.05) is 22.5 Å². The van der Waals surface area contributed by atoms with Crippen molar-refractivity contribution in [2.45, 2.75) is 18.3 Å². The summed E-state index contributed by atoms with van der Waals surface area (Å²) in [5.41, 5.74) is 6.52. The molecule has 4 heteroatoms. The Morgan fingerprint density at radius 2 is 2.20 bits per heavy atom. The monoisotopic (exact) mass is 227 g/mol. The summed E-state index contributed by atoms with van der Waals surface area (Å²) >= 11 is 6.14. The van der Waals surface area contributed by atoms with E-state index in [9.17, 15) is 5.11 Å². The molecule has 1 fully saturated rings. The van der Waals surface area contributed by atoms with Crippen molar-refractivity contribution in [1.82, 2.24) is 0 Å². The molecule has 0 saturated heterocycles. The van der Waals surface area contributed by atoms with Gasteiger partial charge in [0.2, 0.25) is 0 Å². The number of phenols is 1. The first-order valence-electron chi connectivity index (χ1n) is 4.90. The maximum absolute atomic E-state index is 9.68. The van der Waals surface area contributed by atoms with Crippen molar-refractivity contribution in [3.63, 3.8) is 0 Å². The Morgan fingerprint density at radius 1 is 1.53 bits per heavy atom. The number of halogens is 1. The van der Waals surface area contributed by atoms with Crippen LogP contribution in [0, 0.1) is 0 Å². The van der Waals surface area contributed by atoms with E-state index in [0.29, 0.717) is 17.3 Å². The van der Waals surface area contributed by atoms with E-state index in [1.165, 1.54) is 13.2 Å². The molecule has 1 aromatic rings. The molecular weight excluding hydrogens is 214 g/mol. The van der Waals surface area contributed by atoms with E-state index in [1.54, 1.807) is 6.07 Å². The van der Waals surface area contributed by atoms with E-state index in [-0.39, 0.29) is 11.2 Å². The average Bonchev–Trinajstić information content (AvgIpc) is 3.01. The van der Waals surface area contributed by atoms with Gasteiger partial charge in [-0.15, -0.1) is 0 Å². The van der Waals surface area contributed by atoms with Gasteiger partial charge in [0.15, 0.2) is 11.5 Å². The molecule has 0 aromatic heterocycles. The second kappa shape index (κ2) is 3.58. The zero-order chi connectivity index (χ0) is 11.1. The third kappa shape index (κ3) is 1.56. The van der Waals surface area contributed by atoms with Crippen molar-refractivity contribution in [2.24, 2.45) is 5.73 Å². The SMILES string of the molecule is COc1c(O)ccc(Cl)c1C1(CN)CC1. The van der Waals surface area contributed by atoms with Crippen molar-refractivity contribution < 1.29 is 9.84 Å². The highest BCUT2D eigenvalue weighted by molar-refractivity contribution is 6.31. The van der Waals surface area contributed by atoms with Crippen molar-refractivity contribution in [3.8, 4) is 11.5 Å². The van der Waals surface area contributed by atoms with Gasteiger partial charge in [-0.25, -0.2) is 0 Å². The second-order valence-corrected chi connectivity index (χ2v) is 4.37. The van der Waals surface area contributed by atoms with E-state index in [0.717, 1.165) is 18.4 Å². The first kappa shape index (κ1) is 10.6. The van der Waals surface area contributed by atoms with Gasteiger partial charge in [-0.2, -0.15) is 0 Å². The minimum Gasteiger partial charge on any atom is -0.504 e. The Labute approximate surface area is 93.8 Å². The number of benzene rings is 1. The lowest BCUT2D eigenvalue weighted by Gasteiger charge is -2.19. The average molecular weight is 228 g/mol. The van der Waals surface area contributed by atoms with E-state index in [4.69, 9.17) is 22.1 Å². The van der Waals surface area contributed by atoms with Crippen LogP contribution >= 0.6 is 11.6 Å². The highest BCUT2D eigenvalue weighted by Gasteiger charge is 2.46. The summed E-state index contributed by atoms with van der Waals surface area (Å²) in [6, 6.07) is 3.22. The highest BCUT2D eigenvalue weighted by atomic mass is 35.5. The third-order valence-electron chi connectivity index (χ3n) is 3.06. The van der Waals surface area contributed by atoms with E-state index >= 15 is 0 Å². The lowest BCUT2D eigenvalue weighted by Crippen LogP contribution is -2.21. The summed E-state index contributed by atoms with van der Waals surface area (Å²) in [4.78, 5) is 0. The fourth-order valence-corrected chi connectivity index (χ4v) is 2.30. The first-order chi connectivity index (χ1) is 7.14. The number of aromatic hydroxyl groups is 1. The van der Waals surface area contributed by atoms with E-state index < -0.39 is 0 Å². The standard InChI is InChI=1S/C11H14ClNO2/c1-15-10-8(14)3-2-7(12)9(10)11(6-13)4-5-11/h2-3,14H,4-6,13H2,1H3. The Balaban J connectivity index is 2.58. The van der Waals surface area contributed by atoms with Crippen LogP contribution in [-0.2, 0) is 5.41 Å². The topological polar surface area (TPSA) is 55.5 Å². The molecule has 0 bridgehead atoms. The van der Waals surface area contributed by atoms with Gasteiger partial charge in [-0.3, -0.25) is 0 Å². The van der Waals surface area contributed by atoms with Crippen molar-refractivity contribution in [3.05, 3.63) is 22.7 Å². The van der Waals surface area contributed by atoms with Crippen LogP contribution in [0.15, 0.2) is 12.1 Å². The van der Waals surface area contributed by atoms with Crippen molar-refractivity contribution in [1.29, 1.82) is 0 Å². The van der Waals surface area contributed by atoms with Crippen LogP contribution < -0.4 is 10.5 Å². The minimum atomic E-state index is -0.0822. The van der Waals surface area contributed by atoms with Crippen LogP contribution in [0.3, 0.4) is 0 Å². The number of ether oxygens (including phenoxy) is 1. The van der Waals surface area contributed by atoms with Crippen LogP contribution in [0.4, 0.5) is 0 Å². The fourth-order valence-electron chi connectivity index (χ4n) is 1.96. The normalized spacial score (nSPS) is 17.5. The molecular formula is C11H14ClNO2. The molecule has 82 valence electrons. The number of nitrogens with two attached hydrogens (primary N) is 1. The molecule has 1 saturated carbocycles. The van der Waals surface area contributed by atoms with Gasteiger partial charge in [0.25, 0.3) is 0 Å². The number of methoxy groups -OCH3 is 1. The van der Waals surface area contributed by atoms with E-state index in [2.05, 4.69) is 0 Å². The molecule has 1 aliphatic carbocycles. The van der Waals surface area contributed by atoms with Gasteiger partial charge in [0.1, 0.15) is 0 Å². The van der Waals surface area contributed by atoms with Crippen LogP contribution in [0.25, 0.3) is 0 Å². The molecule has 0 heterocycles. The molecule has 2 rings (SSSR count). The van der Waals surface area contributed by atoms with Crippen molar-refractivity contribution in [2.75, 3.05) is 13.7 Å². The molecule has 0 aliphatic heterocycles. The highest BCUT2D eigenvalue weighted by Crippen LogP contribution is 2.54. The molecule has 1 aromatic carbocycles. The number of hydrogen-bond donors (Lipinski definition) is 2. The summed E-state index contributed by atoms with van der Waals surface area (Å²) < 4.78 is 5.20. The number of hydrogen-bond acceptors (Lipinski definition) is 3. The predicted molar refractivity (Wildman–Crippen MR) is 59.6 cm³/mol. The van der Waals surface area contributed by atoms with Gasteiger partial charge < -0.3 is 15.6 Å². The fraction of sp³-hybridized carbons (Fsp3) is 0.455. The molecule has 0 amide bonds. The van der Waals surface area contributed by atoms with Gasteiger partial charge in [-0.05, 0) is 25.0 Å². The second-order valence-electron chi connectivity index (χ2n) is 3.96. The lowest BCUT2D eigenvalue weighted by molar-refractivity contribution is 0.365. The summed E-state index contributed by atoms with van der Waals surface area (Å²) in [6.07, 6.45) is 2.01. The molecule has 0 spiro atoms. The largest absolute Gasteiger partial charge is 0.504 e. The molecule has 0 radical (unpaired) electrons.